The molecule has 1 unspecified atom stereocenters. The van der Waals surface area contributed by atoms with Gasteiger partial charge in [-0.2, -0.15) is 0 Å². The van der Waals surface area contributed by atoms with Crippen molar-refractivity contribution in [2.45, 2.75) is 17.9 Å². The third-order valence-electron chi connectivity index (χ3n) is 3.64. The van der Waals surface area contributed by atoms with E-state index in [-0.39, 0.29) is 10.5 Å². The lowest BCUT2D eigenvalue weighted by Crippen LogP contribution is -2.42. The molecule has 2 aromatic carbocycles. The number of sulfonamides is 1. The van der Waals surface area contributed by atoms with Crippen molar-refractivity contribution in [2.24, 2.45) is 0 Å². The third-order valence-corrected chi connectivity index (χ3v) is 5.56. The van der Waals surface area contributed by atoms with Crippen LogP contribution in [0.4, 0.5) is 0 Å². The van der Waals surface area contributed by atoms with Crippen LogP contribution < -0.4 is 0 Å². The number of rotatable bonds is 3. The standard InChI is InChI=1S/C16H13NO4S/c1-11(15(18)12-7-3-2-4-8-12)17-16(19)13-9-5-6-10-14(13)22(17,20)21/h2-11H,1H3. The van der Waals surface area contributed by atoms with E-state index in [0.717, 1.165) is 0 Å². The van der Waals surface area contributed by atoms with E-state index < -0.39 is 27.8 Å². The molecule has 0 N–H and O–H groups in total. The van der Waals surface area contributed by atoms with Gasteiger partial charge in [0, 0.05) is 5.56 Å². The first kappa shape index (κ1) is 14.5. The molecule has 3 rings (SSSR count). The highest BCUT2D eigenvalue weighted by Crippen LogP contribution is 2.32. The lowest BCUT2D eigenvalue weighted by Gasteiger charge is -2.22. The largest absolute Gasteiger partial charge is 0.292 e. The molecule has 112 valence electrons. The first-order chi connectivity index (χ1) is 10.4. The van der Waals surface area contributed by atoms with Gasteiger partial charge in [0.25, 0.3) is 15.9 Å². The Morgan fingerprint density at radius 3 is 2.23 bits per heavy atom. The van der Waals surface area contributed by atoms with Gasteiger partial charge >= 0.3 is 0 Å². The Hall–Kier alpha value is -2.47. The highest BCUT2D eigenvalue weighted by Gasteiger charge is 2.45. The maximum Gasteiger partial charge on any atom is 0.269 e. The van der Waals surface area contributed by atoms with Gasteiger partial charge in [0.05, 0.1) is 5.56 Å². The Morgan fingerprint density at radius 2 is 1.59 bits per heavy atom. The van der Waals surface area contributed by atoms with Gasteiger partial charge in [0.1, 0.15) is 10.9 Å². The third kappa shape index (κ3) is 2.03. The summed E-state index contributed by atoms with van der Waals surface area (Å²) in [5, 5.41) is 0. The molecule has 0 bridgehead atoms. The molecule has 1 aliphatic rings. The fourth-order valence-corrected chi connectivity index (χ4v) is 4.26. The van der Waals surface area contributed by atoms with Gasteiger partial charge in [0.15, 0.2) is 5.78 Å². The second-order valence-corrected chi connectivity index (χ2v) is 6.79. The molecule has 0 aliphatic carbocycles. The van der Waals surface area contributed by atoms with Crippen molar-refractivity contribution in [1.29, 1.82) is 0 Å². The molecule has 2 aromatic rings. The van der Waals surface area contributed by atoms with E-state index in [4.69, 9.17) is 0 Å². The molecule has 0 spiro atoms. The zero-order valence-corrected chi connectivity index (χ0v) is 12.6. The molecule has 0 fully saturated rings. The van der Waals surface area contributed by atoms with Crippen molar-refractivity contribution in [1.82, 2.24) is 4.31 Å². The minimum absolute atomic E-state index is 0.0484. The molecule has 1 amide bonds. The maximum absolute atomic E-state index is 12.5. The number of fused-ring (bicyclic) bond motifs is 1. The Balaban J connectivity index is 2.03. The van der Waals surface area contributed by atoms with Crippen molar-refractivity contribution in [3.63, 3.8) is 0 Å². The van der Waals surface area contributed by atoms with Crippen molar-refractivity contribution in [3.8, 4) is 0 Å². The monoisotopic (exact) mass is 315 g/mol. The average Bonchev–Trinajstić information content (AvgIpc) is 2.74. The SMILES string of the molecule is CC(C(=O)c1ccccc1)N1C(=O)c2ccccc2S1(=O)=O. The van der Waals surface area contributed by atoms with Crippen LogP contribution in [0.3, 0.4) is 0 Å². The highest BCUT2D eigenvalue weighted by molar-refractivity contribution is 7.90. The number of hydrogen-bond donors (Lipinski definition) is 0. The minimum atomic E-state index is -3.98. The number of benzene rings is 2. The fourth-order valence-electron chi connectivity index (χ4n) is 2.54. The lowest BCUT2D eigenvalue weighted by molar-refractivity contribution is 0.0764. The maximum atomic E-state index is 12.5. The van der Waals surface area contributed by atoms with E-state index in [0.29, 0.717) is 9.87 Å². The van der Waals surface area contributed by atoms with E-state index in [2.05, 4.69) is 0 Å². The molecule has 0 aromatic heterocycles. The first-order valence-corrected chi connectivity index (χ1v) is 8.15. The summed E-state index contributed by atoms with van der Waals surface area (Å²) >= 11 is 0. The van der Waals surface area contributed by atoms with Crippen LogP contribution in [0.15, 0.2) is 59.5 Å². The normalized spacial score (nSPS) is 17.1. The molecule has 0 saturated carbocycles. The molecule has 1 aliphatic heterocycles. The van der Waals surface area contributed by atoms with Crippen LogP contribution in [0.1, 0.15) is 27.6 Å². The Labute approximate surface area is 128 Å². The summed E-state index contributed by atoms with van der Waals surface area (Å²) in [4.78, 5) is 24.8. The highest BCUT2D eigenvalue weighted by atomic mass is 32.2. The van der Waals surface area contributed by atoms with Crippen molar-refractivity contribution < 1.29 is 18.0 Å². The van der Waals surface area contributed by atoms with Crippen molar-refractivity contribution in [2.75, 3.05) is 0 Å². The van der Waals surface area contributed by atoms with Crippen molar-refractivity contribution >= 4 is 21.7 Å². The second-order valence-electron chi connectivity index (χ2n) is 5.01. The molecule has 22 heavy (non-hydrogen) atoms. The van der Waals surface area contributed by atoms with E-state index in [1.54, 1.807) is 42.5 Å². The van der Waals surface area contributed by atoms with Gasteiger partial charge in [-0.1, -0.05) is 42.5 Å². The van der Waals surface area contributed by atoms with E-state index in [1.807, 2.05) is 0 Å². The van der Waals surface area contributed by atoms with Crippen LogP contribution in [0.5, 0.6) is 0 Å². The number of carbonyl (C=O) groups is 2. The second kappa shape index (κ2) is 5.06. The van der Waals surface area contributed by atoms with Gasteiger partial charge in [0.2, 0.25) is 0 Å². The van der Waals surface area contributed by atoms with Crippen LogP contribution >= 0.6 is 0 Å². The first-order valence-electron chi connectivity index (χ1n) is 6.71. The van der Waals surface area contributed by atoms with Crippen LogP contribution in [0.25, 0.3) is 0 Å². The van der Waals surface area contributed by atoms with E-state index >= 15 is 0 Å². The molecule has 0 saturated heterocycles. The summed E-state index contributed by atoms with van der Waals surface area (Å²) in [6, 6.07) is 13.2. The molecule has 6 heteroatoms. The zero-order valence-electron chi connectivity index (χ0n) is 11.8. The van der Waals surface area contributed by atoms with Crippen LogP contribution in [0.2, 0.25) is 0 Å². The van der Waals surface area contributed by atoms with Crippen molar-refractivity contribution in [3.05, 3.63) is 65.7 Å². The summed E-state index contributed by atoms with van der Waals surface area (Å²) < 4.78 is 25.7. The fraction of sp³-hybridized carbons (Fsp3) is 0.125. The molecule has 0 radical (unpaired) electrons. The van der Waals surface area contributed by atoms with Gasteiger partial charge < -0.3 is 0 Å². The van der Waals surface area contributed by atoms with Gasteiger partial charge in [-0.3, -0.25) is 9.59 Å². The van der Waals surface area contributed by atoms with Crippen LogP contribution in [-0.4, -0.2) is 30.5 Å². The summed E-state index contributed by atoms with van der Waals surface area (Å²) in [7, 11) is -3.98. The Kier molecular flexibility index (Phi) is 3.33. The lowest BCUT2D eigenvalue weighted by atomic mass is 10.1. The molecule has 1 heterocycles. The average molecular weight is 315 g/mol. The minimum Gasteiger partial charge on any atom is -0.292 e. The summed E-state index contributed by atoms with van der Waals surface area (Å²) in [5.74, 6) is -1.07. The number of Topliss-reactive ketones (excluding diaryl/α,β-unsaturated/α-hetero) is 1. The number of nitrogens with zero attached hydrogens (tertiary/aromatic N) is 1. The van der Waals surface area contributed by atoms with E-state index in [9.17, 15) is 18.0 Å². The molecule has 1 atom stereocenters. The van der Waals surface area contributed by atoms with Gasteiger partial charge in [-0.05, 0) is 19.1 Å². The summed E-state index contributed by atoms with van der Waals surface area (Å²) in [5.41, 5.74) is 0.476. The number of amides is 1. The quantitative estimate of drug-likeness (QED) is 0.813. The topological polar surface area (TPSA) is 71.5 Å². The van der Waals surface area contributed by atoms with Gasteiger partial charge in [-0.25, -0.2) is 12.7 Å². The predicted molar refractivity (Wildman–Crippen MR) is 80.0 cm³/mol. The predicted octanol–water partition coefficient (Wildman–Crippen LogP) is 2.10. The Bertz CT molecular complexity index is 859. The summed E-state index contributed by atoms with van der Waals surface area (Å²) in [6.45, 7) is 1.43. The number of carbonyl (C=O) groups excluding carboxylic acids is 2. The number of ketones is 1. The molecular weight excluding hydrogens is 302 g/mol. The van der Waals surface area contributed by atoms with E-state index in [1.165, 1.54) is 19.1 Å². The Morgan fingerprint density at radius 1 is 1.00 bits per heavy atom. The smallest absolute Gasteiger partial charge is 0.269 e. The molecular formula is C16H13NO4S. The zero-order chi connectivity index (χ0) is 15.9. The number of hydrogen-bond acceptors (Lipinski definition) is 4. The van der Waals surface area contributed by atoms with Gasteiger partial charge in [-0.15, -0.1) is 0 Å². The van der Waals surface area contributed by atoms with Crippen LogP contribution in [-0.2, 0) is 10.0 Å². The molecule has 5 nitrogen and oxygen atoms in total. The summed E-state index contributed by atoms with van der Waals surface area (Å²) in [6.07, 6.45) is 0. The van der Waals surface area contributed by atoms with Crippen LogP contribution in [0, 0.1) is 0 Å².